The van der Waals surface area contributed by atoms with Gasteiger partial charge in [0.1, 0.15) is 6.33 Å². The van der Waals surface area contributed by atoms with E-state index >= 15 is 0 Å². The number of benzene rings is 1. The highest BCUT2D eigenvalue weighted by molar-refractivity contribution is 5.86. The number of fused-ring (bicyclic) bond motifs is 1. The molecule has 4 rings (SSSR count). The van der Waals surface area contributed by atoms with Gasteiger partial charge in [0.05, 0.1) is 22.8 Å². The summed E-state index contributed by atoms with van der Waals surface area (Å²) in [6, 6.07) is 5.78. The first-order chi connectivity index (χ1) is 13.6. The Balaban J connectivity index is 1.46. The fraction of sp³-hybridized carbons (Fsp3) is 0.444. The Bertz CT molecular complexity index is 941. The van der Waals surface area contributed by atoms with E-state index in [9.17, 15) is 8.78 Å². The minimum Gasteiger partial charge on any atom is -0.471 e. The third-order valence-electron chi connectivity index (χ3n) is 4.86. The topological polar surface area (TPSA) is 72.2 Å². The molecule has 1 aromatic carbocycles. The van der Waals surface area contributed by atoms with E-state index in [-0.39, 0.29) is 5.88 Å². The fourth-order valence-corrected chi connectivity index (χ4v) is 3.32. The van der Waals surface area contributed by atoms with Gasteiger partial charge in [-0.05, 0) is 18.2 Å². The van der Waals surface area contributed by atoms with Crippen molar-refractivity contribution < 1.29 is 13.5 Å². The van der Waals surface area contributed by atoms with Crippen LogP contribution in [-0.2, 0) is 13.6 Å². The van der Waals surface area contributed by atoms with Crippen LogP contribution in [0.3, 0.4) is 0 Å². The van der Waals surface area contributed by atoms with E-state index in [4.69, 9.17) is 4.74 Å². The third kappa shape index (κ3) is 4.01. The minimum atomic E-state index is -2.55. The summed E-state index contributed by atoms with van der Waals surface area (Å²) in [6.45, 7) is 3.66. The maximum atomic E-state index is 12.5. The Morgan fingerprint density at radius 2 is 1.96 bits per heavy atom. The Hall–Kier alpha value is -2.88. The minimum absolute atomic E-state index is 0.189. The van der Waals surface area contributed by atoms with E-state index in [2.05, 4.69) is 30.1 Å². The molecular weight excluding hydrogens is 368 g/mol. The summed E-state index contributed by atoms with van der Waals surface area (Å²) in [5.41, 5.74) is 2.76. The van der Waals surface area contributed by atoms with Gasteiger partial charge in [-0.1, -0.05) is 5.21 Å². The first-order valence-corrected chi connectivity index (χ1v) is 9.07. The summed E-state index contributed by atoms with van der Waals surface area (Å²) in [5.74, 6) is 0.189. The highest BCUT2D eigenvalue weighted by Gasteiger charge is 2.19. The van der Waals surface area contributed by atoms with Crippen molar-refractivity contribution >= 4 is 16.6 Å². The zero-order valence-corrected chi connectivity index (χ0v) is 15.5. The van der Waals surface area contributed by atoms with Crippen molar-refractivity contribution in [1.29, 1.82) is 0 Å². The molecule has 10 heteroatoms. The van der Waals surface area contributed by atoms with Crippen LogP contribution < -0.4 is 9.64 Å². The quantitative estimate of drug-likeness (QED) is 0.636. The Morgan fingerprint density at radius 1 is 1.14 bits per heavy atom. The molecule has 0 bridgehead atoms. The van der Waals surface area contributed by atoms with Crippen LogP contribution in [0.2, 0.25) is 0 Å². The van der Waals surface area contributed by atoms with Gasteiger partial charge in [0.15, 0.2) is 6.61 Å². The van der Waals surface area contributed by atoms with Crippen LogP contribution in [0.5, 0.6) is 5.88 Å². The van der Waals surface area contributed by atoms with Gasteiger partial charge in [-0.3, -0.25) is 9.58 Å². The molecule has 0 atom stereocenters. The van der Waals surface area contributed by atoms with E-state index in [0.717, 1.165) is 44.1 Å². The molecule has 0 N–H and O–H groups in total. The summed E-state index contributed by atoms with van der Waals surface area (Å²) in [4.78, 5) is 12.8. The van der Waals surface area contributed by atoms with Crippen molar-refractivity contribution in [3.05, 3.63) is 36.4 Å². The molecule has 1 aliphatic rings. The van der Waals surface area contributed by atoms with Crippen LogP contribution in [0.15, 0.2) is 30.7 Å². The monoisotopic (exact) mass is 389 g/mol. The van der Waals surface area contributed by atoms with Crippen molar-refractivity contribution in [2.75, 3.05) is 37.7 Å². The number of aryl methyl sites for hydroxylation is 1. The third-order valence-corrected chi connectivity index (χ3v) is 4.86. The largest absolute Gasteiger partial charge is 0.471 e. The Morgan fingerprint density at radius 3 is 2.68 bits per heavy atom. The zero-order chi connectivity index (χ0) is 19.5. The number of halogens is 2. The molecule has 0 amide bonds. The summed E-state index contributed by atoms with van der Waals surface area (Å²) in [7, 11) is 1.89. The van der Waals surface area contributed by atoms with Gasteiger partial charge in [-0.2, -0.15) is 0 Å². The molecule has 0 saturated carbocycles. The second-order valence-electron chi connectivity index (χ2n) is 6.69. The highest BCUT2D eigenvalue weighted by Crippen LogP contribution is 2.27. The normalized spacial score (nSPS) is 15.5. The van der Waals surface area contributed by atoms with Gasteiger partial charge in [0, 0.05) is 45.5 Å². The Kier molecular flexibility index (Phi) is 5.29. The molecule has 2 aromatic heterocycles. The molecule has 3 heterocycles. The molecule has 3 aromatic rings. The van der Waals surface area contributed by atoms with E-state index in [1.54, 1.807) is 10.9 Å². The lowest BCUT2D eigenvalue weighted by Gasteiger charge is -2.36. The second kappa shape index (κ2) is 8.01. The average Bonchev–Trinajstić information content (AvgIpc) is 3.11. The molecular formula is C18H21F2N7O. The Labute approximate surface area is 160 Å². The fourth-order valence-electron chi connectivity index (χ4n) is 3.32. The molecule has 0 unspecified atom stereocenters. The molecule has 1 fully saturated rings. The van der Waals surface area contributed by atoms with Crippen molar-refractivity contribution in [3.8, 4) is 5.88 Å². The van der Waals surface area contributed by atoms with Crippen LogP contribution >= 0.6 is 0 Å². The van der Waals surface area contributed by atoms with E-state index in [0.29, 0.717) is 10.9 Å². The van der Waals surface area contributed by atoms with Crippen LogP contribution in [0.4, 0.5) is 14.5 Å². The van der Waals surface area contributed by atoms with Gasteiger partial charge in [-0.15, -0.1) is 5.10 Å². The molecule has 8 nitrogen and oxygen atoms in total. The van der Waals surface area contributed by atoms with Gasteiger partial charge in [-0.25, -0.2) is 18.7 Å². The zero-order valence-electron chi connectivity index (χ0n) is 15.5. The number of rotatable bonds is 6. The number of piperazine rings is 1. The summed E-state index contributed by atoms with van der Waals surface area (Å²) in [6.07, 6.45) is 0.571. The maximum absolute atomic E-state index is 12.5. The van der Waals surface area contributed by atoms with Crippen LogP contribution in [0.25, 0.3) is 10.9 Å². The van der Waals surface area contributed by atoms with Crippen LogP contribution in [-0.4, -0.2) is 69.1 Å². The molecule has 0 spiro atoms. The number of ether oxygens (including phenoxy) is 1. The lowest BCUT2D eigenvalue weighted by molar-refractivity contribution is 0.0804. The first kappa shape index (κ1) is 18.5. The molecule has 1 saturated heterocycles. The molecule has 148 valence electrons. The molecule has 28 heavy (non-hydrogen) atoms. The number of nitrogens with zero attached hydrogens (tertiary/aromatic N) is 7. The highest BCUT2D eigenvalue weighted by atomic mass is 19.3. The van der Waals surface area contributed by atoms with E-state index < -0.39 is 13.0 Å². The predicted octanol–water partition coefficient (Wildman–Crippen LogP) is 1.72. The summed E-state index contributed by atoms with van der Waals surface area (Å²) in [5, 5.41) is 8.53. The van der Waals surface area contributed by atoms with Crippen molar-refractivity contribution in [1.82, 2.24) is 29.9 Å². The smallest absolute Gasteiger partial charge is 0.272 e. The predicted molar refractivity (Wildman–Crippen MR) is 99.5 cm³/mol. The second-order valence-corrected chi connectivity index (χ2v) is 6.69. The maximum Gasteiger partial charge on any atom is 0.272 e. The number of aromatic nitrogens is 5. The van der Waals surface area contributed by atoms with Crippen molar-refractivity contribution in [3.63, 3.8) is 0 Å². The van der Waals surface area contributed by atoms with Gasteiger partial charge in [0.2, 0.25) is 5.88 Å². The number of hydrogen-bond donors (Lipinski definition) is 0. The standard InChI is InChI=1S/C18H21F2N7O/c1-25-14(9-23-24-25)10-26-4-6-27(7-5-26)13-2-3-16-15(8-13)18(22-12-21-16)28-11-17(19)20/h2-3,8-9,12,17H,4-7,10-11H2,1H3. The van der Waals surface area contributed by atoms with Gasteiger partial charge in [0.25, 0.3) is 6.43 Å². The van der Waals surface area contributed by atoms with Crippen molar-refractivity contribution in [2.45, 2.75) is 13.0 Å². The summed E-state index contributed by atoms with van der Waals surface area (Å²) < 4.78 is 32.0. The average molecular weight is 389 g/mol. The van der Waals surface area contributed by atoms with Crippen molar-refractivity contribution in [2.24, 2.45) is 7.05 Å². The van der Waals surface area contributed by atoms with E-state index in [1.807, 2.05) is 25.2 Å². The number of hydrogen-bond acceptors (Lipinski definition) is 7. The van der Waals surface area contributed by atoms with Crippen LogP contribution in [0, 0.1) is 0 Å². The van der Waals surface area contributed by atoms with Crippen LogP contribution in [0.1, 0.15) is 5.69 Å². The SMILES string of the molecule is Cn1nncc1CN1CCN(c2ccc3ncnc(OCC(F)F)c3c2)CC1. The van der Waals surface area contributed by atoms with E-state index in [1.165, 1.54) is 6.33 Å². The molecule has 0 radical (unpaired) electrons. The first-order valence-electron chi connectivity index (χ1n) is 9.07. The lowest BCUT2D eigenvalue weighted by Crippen LogP contribution is -2.46. The number of anilines is 1. The molecule has 1 aliphatic heterocycles. The lowest BCUT2D eigenvalue weighted by atomic mass is 10.2. The number of alkyl halides is 2. The van der Waals surface area contributed by atoms with Gasteiger partial charge >= 0.3 is 0 Å². The summed E-state index contributed by atoms with van der Waals surface area (Å²) >= 11 is 0. The van der Waals surface area contributed by atoms with Gasteiger partial charge < -0.3 is 9.64 Å². The molecule has 0 aliphatic carbocycles.